The normalized spacial score (nSPS) is 11.4. The first-order valence-corrected chi connectivity index (χ1v) is 11.7. The zero-order valence-corrected chi connectivity index (χ0v) is 19.3. The molecule has 1 N–H and O–H groups in total. The summed E-state index contributed by atoms with van der Waals surface area (Å²) in [7, 11) is -3.99. The van der Waals surface area contributed by atoms with Crippen LogP contribution in [0.1, 0.15) is 5.56 Å². The standard InChI is InChI=1S/C21H17ClIN3O3S/c22-17-5-4-6-19(13-17)26(30(28,29)20-7-2-1-3-8-20)15-21(27)25-24-14-16-9-11-18(23)12-10-16/h1-14H,15H2,(H,25,27). The Bertz CT molecular complexity index is 1150. The number of hydrogen-bond donors (Lipinski definition) is 1. The molecule has 0 aliphatic carbocycles. The third-order valence-corrected chi connectivity index (χ3v) is 6.73. The van der Waals surface area contributed by atoms with E-state index in [-0.39, 0.29) is 10.6 Å². The first-order chi connectivity index (χ1) is 14.4. The summed E-state index contributed by atoms with van der Waals surface area (Å²) in [5.41, 5.74) is 3.46. The molecule has 0 fully saturated rings. The van der Waals surface area contributed by atoms with Crippen molar-refractivity contribution in [2.45, 2.75) is 4.90 Å². The van der Waals surface area contributed by atoms with Gasteiger partial charge in [-0.05, 0) is 70.6 Å². The molecule has 3 aromatic carbocycles. The van der Waals surface area contributed by atoms with Crippen LogP contribution in [-0.2, 0) is 14.8 Å². The molecule has 3 aromatic rings. The lowest BCUT2D eigenvalue weighted by molar-refractivity contribution is -0.119. The van der Waals surface area contributed by atoms with E-state index in [4.69, 9.17) is 11.6 Å². The van der Waals surface area contributed by atoms with E-state index < -0.39 is 22.5 Å². The number of carbonyl (C=O) groups excluding carboxylic acids is 1. The van der Waals surface area contributed by atoms with E-state index in [0.717, 1.165) is 13.4 Å². The Morgan fingerprint density at radius 1 is 1.03 bits per heavy atom. The number of rotatable bonds is 7. The minimum atomic E-state index is -3.99. The predicted octanol–water partition coefficient (Wildman–Crippen LogP) is 4.29. The molecule has 6 nitrogen and oxygen atoms in total. The van der Waals surface area contributed by atoms with E-state index in [9.17, 15) is 13.2 Å². The Labute approximate surface area is 193 Å². The maximum Gasteiger partial charge on any atom is 0.264 e. The van der Waals surface area contributed by atoms with Gasteiger partial charge >= 0.3 is 0 Å². The SMILES string of the molecule is O=C(CN(c1cccc(Cl)c1)S(=O)(=O)c1ccccc1)NN=Cc1ccc(I)cc1. The fraction of sp³-hybridized carbons (Fsp3) is 0.0476. The van der Waals surface area contributed by atoms with Crippen LogP contribution in [0, 0.1) is 3.57 Å². The number of carbonyl (C=O) groups is 1. The zero-order valence-electron chi connectivity index (χ0n) is 15.6. The molecule has 3 rings (SSSR count). The van der Waals surface area contributed by atoms with E-state index in [1.807, 2.05) is 24.3 Å². The minimum absolute atomic E-state index is 0.0696. The van der Waals surface area contributed by atoms with Crippen molar-refractivity contribution in [1.82, 2.24) is 5.43 Å². The van der Waals surface area contributed by atoms with E-state index >= 15 is 0 Å². The van der Waals surface area contributed by atoms with Crippen molar-refractivity contribution in [3.05, 3.63) is 93.0 Å². The lowest BCUT2D eigenvalue weighted by Crippen LogP contribution is -2.39. The molecule has 0 saturated carbocycles. The number of anilines is 1. The van der Waals surface area contributed by atoms with Crippen molar-refractivity contribution in [2.75, 3.05) is 10.8 Å². The Morgan fingerprint density at radius 3 is 2.40 bits per heavy atom. The summed E-state index contributed by atoms with van der Waals surface area (Å²) < 4.78 is 28.4. The summed E-state index contributed by atoms with van der Waals surface area (Å²) in [4.78, 5) is 12.5. The predicted molar refractivity (Wildman–Crippen MR) is 127 cm³/mol. The Balaban J connectivity index is 1.82. The van der Waals surface area contributed by atoms with Gasteiger partial charge in [-0.2, -0.15) is 5.10 Å². The van der Waals surface area contributed by atoms with Crippen LogP contribution in [0.3, 0.4) is 0 Å². The van der Waals surface area contributed by atoms with Crippen molar-refractivity contribution in [3.8, 4) is 0 Å². The van der Waals surface area contributed by atoms with Crippen LogP contribution < -0.4 is 9.73 Å². The molecule has 0 radical (unpaired) electrons. The number of hydrogen-bond acceptors (Lipinski definition) is 4. The van der Waals surface area contributed by atoms with Crippen molar-refractivity contribution in [2.24, 2.45) is 5.10 Å². The van der Waals surface area contributed by atoms with Gasteiger partial charge in [-0.1, -0.05) is 48.0 Å². The second-order valence-electron chi connectivity index (χ2n) is 6.15. The first-order valence-electron chi connectivity index (χ1n) is 8.77. The third-order valence-electron chi connectivity index (χ3n) is 3.99. The van der Waals surface area contributed by atoms with Gasteiger partial charge in [-0.15, -0.1) is 0 Å². The maximum absolute atomic E-state index is 13.2. The summed E-state index contributed by atoms with van der Waals surface area (Å²) in [5, 5.41) is 4.27. The van der Waals surface area contributed by atoms with Gasteiger partial charge in [0.2, 0.25) is 0 Å². The molecule has 0 aromatic heterocycles. The largest absolute Gasteiger partial charge is 0.271 e. The molecule has 0 spiro atoms. The smallest absolute Gasteiger partial charge is 0.264 e. The van der Waals surface area contributed by atoms with Gasteiger partial charge in [0, 0.05) is 8.59 Å². The average molecular weight is 554 g/mol. The molecule has 154 valence electrons. The lowest BCUT2D eigenvalue weighted by atomic mass is 10.2. The summed E-state index contributed by atoms with van der Waals surface area (Å²) in [6, 6.07) is 21.8. The third kappa shape index (κ3) is 5.80. The van der Waals surface area contributed by atoms with Gasteiger partial charge in [-0.3, -0.25) is 9.10 Å². The van der Waals surface area contributed by atoms with Crippen LogP contribution in [-0.4, -0.2) is 27.1 Å². The molecular formula is C21H17ClIN3O3S. The highest BCUT2D eigenvalue weighted by Crippen LogP contribution is 2.25. The summed E-state index contributed by atoms with van der Waals surface area (Å²) >= 11 is 8.23. The molecule has 0 saturated heterocycles. The highest BCUT2D eigenvalue weighted by Gasteiger charge is 2.27. The highest BCUT2D eigenvalue weighted by molar-refractivity contribution is 14.1. The number of amides is 1. The monoisotopic (exact) mass is 553 g/mol. The maximum atomic E-state index is 13.2. The number of hydrazone groups is 1. The van der Waals surface area contributed by atoms with Gasteiger partial charge in [0.15, 0.2) is 0 Å². The fourth-order valence-electron chi connectivity index (χ4n) is 2.56. The minimum Gasteiger partial charge on any atom is -0.271 e. The number of nitrogens with one attached hydrogen (secondary N) is 1. The molecule has 0 unspecified atom stereocenters. The van der Waals surface area contributed by atoms with Crippen LogP contribution in [0.5, 0.6) is 0 Å². The number of nitrogens with zero attached hydrogens (tertiary/aromatic N) is 2. The molecule has 1 amide bonds. The van der Waals surface area contributed by atoms with Gasteiger partial charge < -0.3 is 0 Å². The van der Waals surface area contributed by atoms with Crippen LogP contribution in [0.4, 0.5) is 5.69 Å². The van der Waals surface area contributed by atoms with Crippen LogP contribution in [0.25, 0.3) is 0 Å². The molecule has 0 bridgehead atoms. The van der Waals surface area contributed by atoms with Crippen molar-refractivity contribution >= 4 is 62.0 Å². The second-order valence-corrected chi connectivity index (χ2v) is 9.69. The fourth-order valence-corrected chi connectivity index (χ4v) is 4.54. The first kappa shape index (κ1) is 22.3. The van der Waals surface area contributed by atoms with Gasteiger partial charge in [-0.25, -0.2) is 13.8 Å². The topological polar surface area (TPSA) is 78.8 Å². The van der Waals surface area contributed by atoms with Crippen molar-refractivity contribution in [1.29, 1.82) is 0 Å². The molecular weight excluding hydrogens is 537 g/mol. The molecule has 30 heavy (non-hydrogen) atoms. The Hall–Kier alpha value is -2.43. The Morgan fingerprint density at radius 2 is 1.73 bits per heavy atom. The summed E-state index contributed by atoms with van der Waals surface area (Å²) in [5.74, 6) is -0.587. The quantitative estimate of drug-likeness (QED) is 0.269. The average Bonchev–Trinajstić information content (AvgIpc) is 2.74. The lowest BCUT2D eigenvalue weighted by Gasteiger charge is -2.23. The molecule has 0 atom stereocenters. The van der Waals surface area contributed by atoms with Crippen LogP contribution in [0.2, 0.25) is 5.02 Å². The van der Waals surface area contributed by atoms with Gasteiger partial charge in [0.25, 0.3) is 15.9 Å². The van der Waals surface area contributed by atoms with E-state index in [1.165, 1.54) is 24.4 Å². The van der Waals surface area contributed by atoms with Gasteiger partial charge in [0.05, 0.1) is 16.8 Å². The molecule has 9 heteroatoms. The zero-order chi connectivity index (χ0) is 21.6. The van der Waals surface area contributed by atoms with Gasteiger partial charge in [0.1, 0.15) is 6.54 Å². The van der Waals surface area contributed by atoms with E-state index in [2.05, 4.69) is 33.1 Å². The molecule has 0 aliphatic rings. The van der Waals surface area contributed by atoms with Crippen molar-refractivity contribution < 1.29 is 13.2 Å². The van der Waals surface area contributed by atoms with Crippen molar-refractivity contribution in [3.63, 3.8) is 0 Å². The van der Waals surface area contributed by atoms with E-state index in [1.54, 1.807) is 36.4 Å². The van der Waals surface area contributed by atoms with E-state index in [0.29, 0.717) is 5.02 Å². The number of halogens is 2. The van der Waals surface area contributed by atoms with Crippen LogP contribution >= 0.6 is 34.2 Å². The summed E-state index contributed by atoms with van der Waals surface area (Å²) in [6.07, 6.45) is 1.49. The Kier molecular flexibility index (Phi) is 7.46. The molecule has 0 aliphatic heterocycles. The number of benzene rings is 3. The summed E-state index contributed by atoms with van der Waals surface area (Å²) in [6.45, 7) is -0.457. The highest BCUT2D eigenvalue weighted by atomic mass is 127. The number of sulfonamides is 1. The second kappa shape index (κ2) is 10.1. The molecule has 0 heterocycles. The van der Waals surface area contributed by atoms with Crippen LogP contribution in [0.15, 0.2) is 88.9 Å².